The summed E-state index contributed by atoms with van der Waals surface area (Å²) >= 11 is 6.11. The summed E-state index contributed by atoms with van der Waals surface area (Å²) < 4.78 is 0. The lowest BCUT2D eigenvalue weighted by molar-refractivity contribution is -0.118. The van der Waals surface area contributed by atoms with Gasteiger partial charge in [-0.15, -0.1) is 0 Å². The number of carbonyl (C=O) groups excluding carboxylic acids is 1. The summed E-state index contributed by atoms with van der Waals surface area (Å²) in [5.74, 6) is 1.35. The molecule has 1 aromatic rings. The van der Waals surface area contributed by atoms with Crippen molar-refractivity contribution in [3.05, 3.63) is 28.8 Å². The van der Waals surface area contributed by atoms with Crippen LogP contribution < -0.4 is 11.1 Å². The molecule has 1 amide bonds. The molecule has 2 fully saturated rings. The van der Waals surface area contributed by atoms with Gasteiger partial charge in [-0.25, -0.2) is 0 Å². The van der Waals surface area contributed by atoms with Crippen molar-refractivity contribution in [2.45, 2.75) is 19.3 Å². The largest absolute Gasteiger partial charge is 0.409 e. The summed E-state index contributed by atoms with van der Waals surface area (Å²) in [7, 11) is 0. The number of anilines is 1. The fourth-order valence-corrected chi connectivity index (χ4v) is 3.49. The average Bonchev–Trinajstić information content (AvgIpc) is 2.93. The highest BCUT2D eigenvalue weighted by molar-refractivity contribution is 6.34. The number of fused-ring (bicyclic) bond motifs is 1. The lowest BCUT2D eigenvalue weighted by atomic mass is 10.1. The summed E-state index contributed by atoms with van der Waals surface area (Å²) in [4.78, 5) is 12.2. The van der Waals surface area contributed by atoms with Gasteiger partial charge in [0.1, 0.15) is 0 Å². The molecule has 2 atom stereocenters. The maximum absolute atomic E-state index is 12.2. The molecule has 20 heavy (non-hydrogen) atoms. The fourth-order valence-electron chi connectivity index (χ4n) is 3.26. The molecule has 2 saturated carbocycles. The second-order valence-electron chi connectivity index (χ2n) is 5.45. The van der Waals surface area contributed by atoms with E-state index in [1.807, 2.05) is 0 Å². The normalized spacial score (nSPS) is 28.1. The molecular weight excluding hydrogens is 278 g/mol. The van der Waals surface area contributed by atoms with Gasteiger partial charge in [-0.3, -0.25) is 4.79 Å². The van der Waals surface area contributed by atoms with E-state index in [1.54, 1.807) is 18.2 Å². The Hall–Kier alpha value is -1.75. The Morgan fingerprint density at radius 1 is 1.40 bits per heavy atom. The number of benzene rings is 1. The molecule has 3 rings (SSSR count). The molecule has 0 spiro atoms. The minimum atomic E-state index is -0.0125. The second kappa shape index (κ2) is 4.98. The van der Waals surface area contributed by atoms with Crippen molar-refractivity contribution in [2.75, 3.05) is 5.32 Å². The van der Waals surface area contributed by atoms with E-state index in [4.69, 9.17) is 22.5 Å². The first-order valence-electron chi connectivity index (χ1n) is 6.70. The van der Waals surface area contributed by atoms with E-state index < -0.39 is 0 Å². The van der Waals surface area contributed by atoms with Gasteiger partial charge >= 0.3 is 0 Å². The fraction of sp³-hybridized carbons (Fsp3) is 0.429. The summed E-state index contributed by atoms with van der Waals surface area (Å²) in [6.45, 7) is 0. The van der Waals surface area contributed by atoms with Crippen LogP contribution in [0.3, 0.4) is 0 Å². The molecule has 2 unspecified atom stereocenters. The van der Waals surface area contributed by atoms with Gasteiger partial charge in [-0.05, 0) is 42.9 Å². The van der Waals surface area contributed by atoms with Crippen LogP contribution in [0.2, 0.25) is 5.02 Å². The van der Waals surface area contributed by atoms with E-state index in [-0.39, 0.29) is 17.7 Å². The smallest absolute Gasteiger partial charge is 0.228 e. The number of nitrogens with two attached hydrogens (primary N) is 1. The van der Waals surface area contributed by atoms with Crippen LogP contribution in [-0.2, 0) is 4.79 Å². The predicted molar refractivity (Wildman–Crippen MR) is 76.9 cm³/mol. The Kier molecular flexibility index (Phi) is 3.30. The number of halogens is 1. The van der Waals surface area contributed by atoms with Crippen molar-refractivity contribution in [1.29, 1.82) is 0 Å². The highest BCUT2D eigenvalue weighted by Crippen LogP contribution is 2.57. The number of oxime groups is 1. The minimum Gasteiger partial charge on any atom is -0.409 e. The van der Waals surface area contributed by atoms with Crippen LogP contribution in [0.25, 0.3) is 0 Å². The van der Waals surface area contributed by atoms with Crippen LogP contribution >= 0.6 is 11.6 Å². The van der Waals surface area contributed by atoms with Crippen molar-refractivity contribution in [3.8, 4) is 0 Å². The molecule has 0 heterocycles. The predicted octanol–water partition coefficient (Wildman–Crippen LogP) is 2.42. The SMILES string of the molecule is N/C(=N/O)c1ccc(NC(=O)C2C3CCCC32)c(Cl)c1. The molecule has 5 nitrogen and oxygen atoms in total. The van der Waals surface area contributed by atoms with Gasteiger partial charge in [0, 0.05) is 11.5 Å². The number of amides is 1. The molecule has 4 N–H and O–H groups in total. The third-order valence-corrected chi connectivity index (χ3v) is 4.65. The van der Waals surface area contributed by atoms with E-state index >= 15 is 0 Å². The van der Waals surface area contributed by atoms with Crippen LogP contribution in [0.15, 0.2) is 23.4 Å². The molecule has 0 aromatic heterocycles. The monoisotopic (exact) mass is 293 g/mol. The maximum atomic E-state index is 12.2. The quantitative estimate of drug-likeness (QED) is 0.346. The molecule has 0 radical (unpaired) electrons. The highest BCUT2D eigenvalue weighted by atomic mass is 35.5. The number of hydrogen-bond acceptors (Lipinski definition) is 3. The summed E-state index contributed by atoms with van der Waals surface area (Å²) in [5.41, 5.74) is 6.57. The molecule has 1 aromatic carbocycles. The molecule has 0 aliphatic heterocycles. The molecule has 0 saturated heterocycles. The van der Waals surface area contributed by atoms with Gasteiger partial charge < -0.3 is 16.3 Å². The summed E-state index contributed by atoms with van der Waals surface area (Å²) in [5, 5.41) is 14.8. The number of rotatable bonds is 3. The van der Waals surface area contributed by atoms with Crippen LogP contribution in [-0.4, -0.2) is 17.0 Å². The van der Waals surface area contributed by atoms with Crippen molar-refractivity contribution >= 4 is 29.0 Å². The summed E-state index contributed by atoms with van der Waals surface area (Å²) in [6.07, 6.45) is 3.58. The Bertz CT molecular complexity index is 578. The number of amidine groups is 1. The van der Waals surface area contributed by atoms with Crippen LogP contribution in [0.5, 0.6) is 0 Å². The molecular formula is C14H16ClN3O2. The Morgan fingerprint density at radius 3 is 2.70 bits per heavy atom. The van der Waals surface area contributed by atoms with E-state index in [0.29, 0.717) is 28.1 Å². The first-order valence-corrected chi connectivity index (χ1v) is 7.08. The van der Waals surface area contributed by atoms with Gasteiger partial charge in [0.15, 0.2) is 5.84 Å². The lowest BCUT2D eigenvalue weighted by Crippen LogP contribution is -2.17. The van der Waals surface area contributed by atoms with Crippen LogP contribution in [0.1, 0.15) is 24.8 Å². The molecule has 0 bridgehead atoms. The topological polar surface area (TPSA) is 87.7 Å². The second-order valence-corrected chi connectivity index (χ2v) is 5.86. The summed E-state index contributed by atoms with van der Waals surface area (Å²) in [6, 6.07) is 4.90. The lowest BCUT2D eigenvalue weighted by Gasteiger charge is -2.09. The standard InChI is InChI=1S/C14H16ClN3O2/c15-10-6-7(13(16)18-20)4-5-11(10)17-14(19)12-8-2-1-3-9(8)12/h4-6,8-9,12,20H,1-3H2,(H2,16,18)(H,17,19). The van der Waals surface area contributed by atoms with Crippen molar-refractivity contribution in [3.63, 3.8) is 0 Å². The zero-order valence-corrected chi connectivity index (χ0v) is 11.6. The number of nitrogens with zero attached hydrogens (tertiary/aromatic N) is 1. The Morgan fingerprint density at radius 2 is 2.10 bits per heavy atom. The zero-order valence-electron chi connectivity index (χ0n) is 10.8. The average molecular weight is 294 g/mol. The first-order chi connectivity index (χ1) is 9.61. The van der Waals surface area contributed by atoms with Gasteiger partial charge in [-0.2, -0.15) is 0 Å². The minimum absolute atomic E-state index is 0.0125. The van der Waals surface area contributed by atoms with E-state index in [2.05, 4.69) is 10.5 Å². The number of hydrogen-bond donors (Lipinski definition) is 3. The first kappa shape index (κ1) is 13.2. The van der Waals surface area contributed by atoms with Gasteiger partial charge in [-0.1, -0.05) is 23.2 Å². The number of carbonyl (C=O) groups is 1. The molecule has 106 valence electrons. The van der Waals surface area contributed by atoms with Crippen molar-refractivity contribution in [2.24, 2.45) is 28.6 Å². The zero-order chi connectivity index (χ0) is 14.3. The van der Waals surface area contributed by atoms with Gasteiger partial charge in [0.05, 0.1) is 10.7 Å². The molecule has 6 heteroatoms. The van der Waals surface area contributed by atoms with Crippen molar-refractivity contribution in [1.82, 2.24) is 0 Å². The highest BCUT2D eigenvalue weighted by Gasteiger charge is 2.56. The third kappa shape index (κ3) is 2.22. The Labute approximate surface area is 121 Å². The van der Waals surface area contributed by atoms with Gasteiger partial charge in [0.25, 0.3) is 0 Å². The number of nitrogens with one attached hydrogen (secondary N) is 1. The van der Waals surface area contributed by atoms with E-state index in [0.717, 1.165) is 0 Å². The molecule has 2 aliphatic carbocycles. The molecule has 2 aliphatic rings. The van der Waals surface area contributed by atoms with Gasteiger partial charge in [0.2, 0.25) is 5.91 Å². The van der Waals surface area contributed by atoms with E-state index in [9.17, 15) is 4.79 Å². The Balaban J connectivity index is 1.70. The van der Waals surface area contributed by atoms with Crippen LogP contribution in [0.4, 0.5) is 5.69 Å². The van der Waals surface area contributed by atoms with Crippen molar-refractivity contribution < 1.29 is 10.0 Å². The van der Waals surface area contributed by atoms with Crippen LogP contribution in [0, 0.1) is 17.8 Å². The third-order valence-electron chi connectivity index (χ3n) is 4.34. The maximum Gasteiger partial charge on any atom is 0.228 e. The van der Waals surface area contributed by atoms with E-state index in [1.165, 1.54) is 19.3 Å².